The van der Waals surface area contributed by atoms with Crippen molar-refractivity contribution in [1.29, 1.82) is 0 Å². The van der Waals surface area contributed by atoms with E-state index < -0.39 is 6.04 Å². The lowest BCUT2D eigenvalue weighted by Crippen LogP contribution is -2.49. The van der Waals surface area contributed by atoms with Crippen LogP contribution >= 0.6 is 0 Å². The van der Waals surface area contributed by atoms with Gasteiger partial charge in [0.25, 0.3) is 0 Å². The van der Waals surface area contributed by atoms with Crippen molar-refractivity contribution in [2.45, 2.75) is 45.2 Å². The van der Waals surface area contributed by atoms with Crippen molar-refractivity contribution in [2.75, 3.05) is 0 Å². The SMILES string of the molecule is CC(=O)N[C@H](C(=O)NCc1ccc(-n2cncn2)nc1)C1CCCC1. The molecular weight excluding hydrogens is 320 g/mol. The van der Waals surface area contributed by atoms with Crippen LogP contribution in [0.5, 0.6) is 0 Å². The van der Waals surface area contributed by atoms with Gasteiger partial charge in [-0.1, -0.05) is 18.9 Å². The standard InChI is InChI=1S/C17H22N6O2/c1-12(24)22-16(14-4-2-3-5-14)17(25)20-9-13-6-7-15(19-8-13)23-11-18-10-21-23/h6-8,10-11,14,16H,2-5,9H2,1H3,(H,20,25)(H,22,24)/t16-/m0/s1. The van der Waals surface area contributed by atoms with E-state index in [2.05, 4.69) is 25.7 Å². The first-order valence-electron chi connectivity index (χ1n) is 8.48. The number of nitrogens with zero attached hydrogens (tertiary/aromatic N) is 4. The molecule has 0 saturated heterocycles. The van der Waals surface area contributed by atoms with E-state index in [4.69, 9.17) is 0 Å². The van der Waals surface area contributed by atoms with Crippen LogP contribution in [0.2, 0.25) is 0 Å². The quantitative estimate of drug-likeness (QED) is 0.814. The van der Waals surface area contributed by atoms with Crippen molar-refractivity contribution < 1.29 is 9.59 Å². The second kappa shape index (κ2) is 7.87. The van der Waals surface area contributed by atoms with Crippen LogP contribution in [-0.2, 0) is 16.1 Å². The third-order valence-corrected chi connectivity index (χ3v) is 4.44. The first-order valence-corrected chi connectivity index (χ1v) is 8.48. The maximum absolute atomic E-state index is 12.5. The van der Waals surface area contributed by atoms with Gasteiger partial charge in [-0.3, -0.25) is 9.59 Å². The Kier molecular flexibility index (Phi) is 5.37. The summed E-state index contributed by atoms with van der Waals surface area (Å²) >= 11 is 0. The van der Waals surface area contributed by atoms with E-state index in [0.717, 1.165) is 31.2 Å². The summed E-state index contributed by atoms with van der Waals surface area (Å²) in [7, 11) is 0. The molecule has 2 amide bonds. The highest BCUT2D eigenvalue weighted by atomic mass is 16.2. The van der Waals surface area contributed by atoms with Crippen LogP contribution in [0.3, 0.4) is 0 Å². The van der Waals surface area contributed by atoms with Crippen molar-refractivity contribution >= 4 is 11.8 Å². The fraction of sp³-hybridized carbons (Fsp3) is 0.471. The molecule has 8 nitrogen and oxygen atoms in total. The highest BCUT2D eigenvalue weighted by molar-refractivity contribution is 5.87. The summed E-state index contributed by atoms with van der Waals surface area (Å²) in [5.41, 5.74) is 0.880. The molecule has 2 aromatic heterocycles. The molecular formula is C17H22N6O2. The number of carbonyl (C=O) groups excluding carboxylic acids is 2. The number of hydrogen-bond donors (Lipinski definition) is 2. The molecule has 1 fully saturated rings. The minimum Gasteiger partial charge on any atom is -0.350 e. The molecule has 0 bridgehead atoms. The summed E-state index contributed by atoms with van der Waals surface area (Å²) in [5, 5.41) is 9.73. The Morgan fingerprint density at radius 3 is 2.72 bits per heavy atom. The Hall–Kier alpha value is -2.77. The number of aromatic nitrogens is 4. The molecule has 3 rings (SSSR count). The number of hydrogen-bond acceptors (Lipinski definition) is 5. The Labute approximate surface area is 146 Å². The maximum atomic E-state index is 12.5. The average molecular weight is 342 g/mol. The van der Waals surface area contributed by atoms with Gasteiger partial charge in [-0.05, 0) is 30.4 Å². The van der Waals surface area contributed by atoms with E-state index in [0.29, 0.717) is 12.4 Å². The van der Waals surface area contributed by atoms with Crippen molar-refractivity contribution in [3.8, 4) is 5.82 Å². The van der Waals surface area contributed by atoms with Crippen molar-refractivity contribution in [2.24, 2.45) is 5.92 Å². The third-order valence-electron chi connectivity index (χ3n) is 4.44. The van der Waals surface area contributed by atoms with Crippen LogP contribution < -0.4 is 10.6 Å². The molecule has 2 N–H and O–H groups in total. The van der Waals surface area contributed by atoms with Gasteiger partial charge in [0.2, 0.25) is 11.8 Å². The molecule has 0 radical (unpaired) electrons. The Morgan fingerprint density at radius 2 is 2.12 bits per heavy atom. The normalized spacial score (nSPS) is 15.7. The Balaban J connectivity index is 1.59. The fourth-order valence-electron chi connectivity index (χ4n) is 3.19. The molecule has 1 saturated carbocycles. The van der Waals surface area contributed by atoms with E-state index >= 15 is 0 Å². The number of carbonyl (C=O) groups is 2. The summed E-state index contributed by atoms with van der Waals surface area (Å²) < 4.78 is 1.56. The van der Waals surface area contributed by atoms with E-state index in [9.17, 15) is 9.59 Å². The maximum Gasteiger partial charge on any atom is 0.243 e. The number of nitrogens with one attached hydrogen (secondary N) is 2. The van der Waals surface area contributed by atoms with Gasteiger partial charge in [-0.2, -0.15) is 5.10 Å². The lowest BCUT2D eigenvalue weighted by Gasteiger charge is -2.23. The molecule has 2 heterocycles. The van der Waals surface area contributed by atoms with Crippen molar-refractivity contribution in [3.05, 3.63) is 36.5 Å². The van der Waals surface area contributed by atoms with E-state index in [1.807, 2.05) is 12.1 Å². The monoisotopic (exact) mass is 342 g/mol. The van der Waals surface area contributed by atoms with Gasteiger partial charge in [0.1, 0.15) is 18.7 Å². The van der Waals surface area contributed by atoms with Crippen LogP contribution in [0.15, 0.2) is 31.0 Å². The highest BCUT2D eigenvalue weighted by Crippen LogP contribution is 2.27. The molecule has 0 aliphatic heterocycles. The summed E-state index contributed by atoms with van der Waals surface area (Å²) in [5.74, 6) is 0.569. The van der Waals surface area contributed by atoms with Crippen molar-refractivity contribution in [3.63, 3.8) is 0 Å². The van der Waals surface area contributed by atoms with Crippen LogP contribution in [0.25, 0.3) is 5.82 Å². The molecule has 1 atom stereocenters. The van der Waals surface area contributed by atoms with Gasteiger partial charge in [-0.25, -0.2) is 14.6 Å². The van der Waals surface area contributed by atoms with Crippen LogP contribution in [0.1, 0.15) is 38.2 Å². The van der Waals surface area contributed by atoms with Gasteiger partial charge in [0.15, 0.2) is 5.82 Å². The topological polar surface area (TPSA) is 102 Å². The number of amides is 2. The smallest absolute Gasteiger partial charge is 0.243 e. The second-order valence-corrected chi connectivity index (χ2v) is 6.31. The van der Waals surface area contributed by atoms with Crippen LogP contribution in [-0.4, -0.2) is 37.6 Å². The molecule has 0 aromatic carbocycles. The molecule has 1 aliphatic rings. The van der Waals surface area contributed by atoms with E-state index in [1.54, 1.807) is 17.2 Å². The van der Waals surface area contributed by atoms with Gasteiger partial charge in [-0.15, -0.1) is 0 Å². The minimum atomic E-state index is -0.456. The lowest BCUT2D eigenvalue weighted by atomic mass is 9.97. The Bertz CT molecular complexity index is 707. The first kappa shape index (κ1) is 17.1. The minimum absolute atomic E-state index is 0.137. The van der Waals surface area contributed by atoms with Gasteiger partial charge < -0.3 is 10.6 Å². The predicted octanol–water partition coefficient (Wildman–Crippen LogP) is 0.973. The molecule has 132 valence electrons. The van der Waals surface area contributed by atoms with E-state index in [1.165, 1.54) is 13.3 Å². The summed E-state index contributed by atoms with van der Waals surface area (Å²) in [6.45, 7) is 1.81. The zero-order valence-electron chi connectivity index (χ0n) is 14.2. The fourth-order valence-corrected chi connectivity index (χ4v) is 3.19. The first-order chi connectivity index (χ1) is 12.1. The zero-order valence-corrected chi connectivity index (χ0v) is 14.2. The number of rotatable bonds is 6. The molecule has 25 heavy (non-hydrogen) atoms. The average Bonchev–Trinajstić information content (AvgIpc) is 3.31. The molecule has 8 heteroatoms. The highest BCUT2D eigenvalue weighted by Gasteiger charge is 2.31. The van der Waals surface area contributed by atoms with Gasteiger partial charge in [0, 0.05) is 19.7 Å². The zero-order chi connectivity index (χ0) is 17.6. The molecule has 0 unspecified atom stereocenters. The molecule has 1 aliphatic carbocycles. The molecule has 0 spiro atoms. The largest absolute Gasteiger partial charge is 0.350 e. The molecule has 2 aromatic rings. The second-order valence-electron chi connectivity index (χ2n) is 6.31. The number of pyridine rings is 1. The van der Waals surface area contributed by atoms with Crippen LogP contribution in [0, 0.1) is 5.92 Å². The van der Waals surface area contributed by atoms with Gasteiger partial charge >= 0.3 is 0 Å². The Morgan fingerprint density at radius 1 is 1.32 bits per heavy atom. The third kappa shape index (κ3) is 4.40. The lowest BCUT2D eigenvalue weighted by molar-refractivity contribution is -0.129. The summed E-state index contributed by atoms with van der Waals surface area (Å²) in [4.78, 5) is 32.1. The van der Waals surface area contributed by atoms with E-state index in [-0.39, 0.29) is 17.7 Å². The van der Waals surface area contributed by atoms with Crippen LogP contribution in [0.4, 0.5) is 0 Å². The van der Waals surface area contributed by atoms with Gasteiger partial charge in [0.05, 0.1) is 0 Å². The summed E-state index contributed by atoms with van der Waals surface area (Å²) in [6.07, 6.45) is 8.90. The predicted molar refractivity (Wildman–Crippen MR) is 90.6 cm³/mol. The summed E-state index contributed by atoms with van der Waals surface area (Å²) in [6, 6.07) is 3.24. The van der Waals surface area contributed by atoms with Crippen molar-refractivity contribution in [1.82, 2.24) is 30.4 Å².